The van der Waals surface area contributed by atoms with E-state index in [-0.39, 0.29) is 18.0 Å². The number of benzene rings is 1. The van der Waals surface area contributed by atoms with Gasteiger partial charge in [0.05, 0.1) is 39.4 Å². The smallest absolute Gasteiger partial charge is 0.292 e. The minimum Gasteiger partial charge on any atom is -0.497 e. The number of carbonyl (C=O) groups excluding carboxylic acids is 1. The lowest BCUT2D eigenvalue weighted by atomic mass is 10.2. The highest BCUT2D eigenvalue weighted by Crippen LogP contribution is 2.11. The second kappa shape index (κ2) is 14.8. The van der Waals surface area contributed by atoms with Crippen LogP contribution >= 0.6 is 0 Å². The van der Waals surface area contributed by atoms with Gasteiger partial charge in [-0.05, 0) is 64.8 Å². The van der Waals surface area contributed by atoms with Gasteiger partial charge in [-0.1, -0.05) is 0 Å². The maximum absolute atomic E-state index is 12.6. The van der Waals surface area contributed by atoms with Crippen molar-refractivity contribution in [1.82, 2.24) is 5.32 Å². The zero-order valence-corrected chi connectivity index (χ0v) is 18.6. The number of amides is 1. The van der Waals surface area contributed by atoms with Crippen LogP contribution in [0.3, 0.4) is 0 Å². The number of ether oxygens (including phenoxy) is 3. The Bertz CT molecular complexity index is 601. The SMILES string of the molecule is CCOCCOC(=N[C@@H](C)CCC[NH+](CC)CC)NC(=O)c1ccc(OC)cc1. The molecule has 0 spiro atoms. The van der Waals surface area contributed by atoms with Crippen molar-refractivity contribution in [1.29, 1.82) is 0 Å². The highest BCUT2D eigenvalue weighted by Gasteiger charge is 2.13. The van der Waals surface area contributed by atoms with Gasteiger partial charge in [-0.25, -0.2) is 4.99 Å². The monoisotopic (exact) mass is 408 g/mol. The maximum Gasteiger partial charge on any atom is 0.292 e. The average molecular weight is 409 g/mol. The fourth-order valence-corrected chi connectivity index (χ4v) is 2.87. The van der Waals surface area contributed by atoms with E-state index in [0.717, 1.165) is 32.5 Å². The van der Waals surface area contributed by atoms with Crippen LogP contribution in [-0.4, -0.2) is 64.5 Å². The molecule has 7 nitrogen and oxygen atoms in total. The molecule has 164 valence electrons. The van der Waals surface area contributed by atoms with Crippen LogP contribution in [0.25, 0.3) is 0 Å². The van der Waals surface area contributed by atoms with Gasteiger partial charge in [-0.3, -0.25) is 10.1 Å². The van der Waals surface area contributed by atoms with E-state index in [4.69, 9.17) is 14.2 Å². The number of aliphatic imine (C=N–C) groups is 1. The van der Waals surface area contributed by atoms with Crippen molar-refractivity contribution in [2.24, 2.45) is 4.99 Å². The predicted molar refractivity (Wildman–Crippen MR) is 116 cm³/mol. The summed E-state index contributed by atoms with van der Waals surface area (Å²) >= 11 is 0. The molecule has 1 rings (SSSR count). The molecule has 7 heteroatoms. The summed E-state index contributed by atoms with van der Waals surface area (Å²) in [6, 6.07) is 7.22. The molecule has 1 atom stereocenters. The number of methoxy groups -OCH3 is 1. The van der Waals surface area contributed by atoms with Crippen LogP contribution in [0.15, 0.2) is 29.3 Å². The first kappa shape index (κ1) is 24.9. The van der Waals surface area contributed by atoms with Crippen LogP contribution in [0.2, 0.25) is 0 Å². The van der Waals surface area contributed by atoms with Gasteiger partial charge in [0.2, 0.25) is 0 Å². The minimum atomic E-state index is -0.261. The highest BCUT2D eigenvalue weighted by molar-refractivity contribution is 6.04. The van der Waals surface area contributed by atoms with Crippen LogP contribution in [0.4, 0.5) is 0 Å². The molecule has 0 aliphatic rings. The summed E-state index contributed by atoms with van der Waals surface area (Å²) in [6.45, 7) is 13.2. The van der Waals surface area contributed by atoms with E-state index in [1.165, 1.54) is 0 Å². The third-order valence-corrected chi connectivity index (χ3v) is 4.73. The lowest BCUT2D eigenvalue weighted by molar-refractivity contribution is -0.896. The molecule has 0 heterocycles. The van der Waals surface area contributed by atoms with E-state index >= 15 is 0 Å². The fraction of sp³-hybridized carbons (Fsp3) is 0.636. The second-order valence-electron chi connectivity index (χ2n) is 6.86. The Hall–Kier alpha value is -2.12. The Labute approximate surface area is 175 Å². The molecule has 1 amide bonds. The number of nitrogens with zero attached hydrogens (tertiary/aromatic N) is 1. The zero-order chi connectivity index (χ0) is 21.5. The summed E-state index contributed by atoms with van der Waals surface area (Å²) in [7, 11) is 1.59. The number of carbonyl (C=O) groups is 1. The van der Waals surface area contributed by atoms with Gasteiger partial charge in [0.25, 0.3) is 11.9 Å². The Morgan fingerprint density at radius 1 is 1.14 bits per heavy atom. The number of rotatable bonds is 13. The van der Waals surface area contributed by atoms with Gasteiger partial charge < -0.3 is 19.1 Å². The van der Waals surface area contributed by atoms with E-state index in [1.54, 1.807) is 36.3 Å². The first-order valence-electron chi connectivity index (χ1n) is 10.6. The normalized spacial score (nSPS) is 12.7. The molecule has 2 N–H and O–H groups in total. The van der Waals surface area contributed by atoms with Crippen molar-refractivity contribution in [3.63, 3.8) is 0 Å². The summed E-state index contributed by atoms with van der Waals surface area (Å²) in [6.07, 6.45) is 2.03. The van der Waals surface area contributed by atoms with Crippen LogP contribution < -0.4 is 15.0 Å². The van der Waals surface area contributed by atoms with Gasteiger partial charge >= 0.3 is 0 Å². The van der Waals surface area contributed by atoms with E-state index < -0.39 is 0 Å². The summed E-state index contributed by atoms with van der Waals surface area (Å²) in [5.41, 5.74) is 0.518. The lowest BCUT2D eigenvalue weighted by Crippen LogP contribution is -3.11. The number of nitrogens with one attached hydrogen (secondary N) is 2. The first-order valence-corrected chi connectivity index (χ1v) is 10.6. The zero-order valence-electron chi connectivity index (χ0n) is 18.6. The summed E-state index contributed by atoms with van der Waals surface area (Å²) in [4.78, 5) is 18.7. The molecule has 29 heavy (non-hydrogen) atoms. The summed E-state index contributed by atoms with van der Waals surface area (Å²) < 4.78 is 16.1. The Morgan fingerprint density at radius 3 is 2.41 bits per heavy atom. The van der Waals surface area contributed by atoms with Crippen molar-refractivity contribution in [3.05, 3.63) is 29.8 Å². The molecule has 0 unspecified atom stereocenters. The van der Waals surface area contributed by atoms with Crippen LogP contribution in [-0.2, 0) is 9.47 Å². The Morgan fingerprint density at radius 2 is 1.83 bits per heavy atom. The second-order valence-corrected chi connectivity index (χ2v) is 6.86. The third kappa shape index (κ3) is 10.3. The molecule has 0 aliphatic heterocycles. The van der Waals surface area contributed by atoms with Crippen molar-refractivity contribution in [2.75, 3.05) is 46.6 Å². The Kier molecular flexibility index (Phi) is 12.7. The third-order valence-electron chi connectivity index (χ3n) is 4.73. The minimum absolute atomic E-state index is 0.0585. The van der Waals surface area contributed by atoms with Crippen LogP contribution in [0, 0.1) is 0 Å². The van der Waals surface area contributed by atoms with Gasteiger partial charge in [0, 0.05) is 12.2 Å². The van der Waals surface area contributed by atoms with E-state index in [0.29, 0.717) is 31.1 Å². The van der Waals surface area contributed by atoms with Gasteiger partial charge in [-0.15, -0.1) is 0 Å². The Balaban J connectivity index is 2.69. The highest BCUT2D eigenvalue weighted by atomic mass is 16.5. The summed E-state index contributed by atoms with van der Waals surface area (Å²) in [5, 5.41) is 2.79. The molecule has 0 bridgehead atoms. The number of quaternary nitrogens is 1. The average Bonchev–Trinajstić information content (AvgIpc) is 2.74. The molecule has 0 aliphatic carbocycles. The van der Waals surface area contributed by atoms with Crippen molar-refractivity contribution in [2.45, 2.75) is 46.6 Å². The van der Waals surface area contributed by atoms with Gasteiger partial charge in [0.15, 0.2) is 0 Å². The van der Waals surface area contributed by atoms with Crippen molar-refractivity contribution >= 4 is 11.9 Å². The summed E-state index contributed by atoms with van der Waals surface area (Å²) in [5.74, 6) is 0.440. The quantitative estimate of drug-likeness (QED) is 0.297. The number of hydrogen-bond donors (Lipinski definition) is 2. The van der Waals surface area contributed by atoms with Gasteiger partial charge in [0.1, 0.15) is 12.4 Å². The largest absolute Gasteiger partial charge is 0.497 e. The molecule has 1 aromatic rings. The number of amidine groups is 1. The molecule has 0 radical (unpaired) electrons. The standard InChI is InChI=1S/C22H37N3O4/c1-6-25(7-2)15-9-10-18(4)23-22(29-17-16-28-8-3)24-21(26)19-11-13-20(27-5)14-12-19/h11-14,18H,6-10,15-17H2,1-5H3,(H,23,24,26)/p+1/t18-/m0/s1. The molecule has 0 fully saturated rings. The molecule has 0 saturated carbocycles. The number of hydrogen-bond acceptors (Lipinski definition) is 5. The lowest BCUT2D eigenvalue weighted by Gasteiger charge is -2.17. The van der Waals surface area contributed by atoms with E-state index in [1.807, 2.05) is 13.8 Å². The van der Waals surface area contributed by atoms with Crippen LogP contribution in [0.1, 0.15) is 50.9 Å². The predicted octanol–water partition coefficient (Wildman–Crippen LogP) is 1.93. The molecule has 1 aromatic carbocycles. The topological polar surface area (TPSA) is 73.6 Å². The van der Waals surface area contributed by atoms with Gasteiger partial charge in [-0.2, -0.15) is 0 Å². The molecule has 0 aromatic heterocycles. The van der Waals surface area contributed by atoms with Crippen molar-refractivity contribution < 1.29 is 23.9 Å². The maximum atomic E-state index is 12.6. The first-order chi connectivity index (χ1) is 14.0. The van der Waals surface area contributed by atoms with E-state index in [2.05, 4.69) is 24.2 Å². The molecular formula is C22H38N3O4+. The molecule has 0 saturated heterocycles. The van der Waals surface area contributed by atoms with Crippen LogP contribution in [0.5, 0.6) is 5.75 Å². The molecular weight excluding hydrogens is 370 g/mol. The van der Waals surface area contributed by atoms with Crippen molar-refractivity contribution in [3.8, 4) is 5.75 Å². The fourth-order valence-electron chi connectivity index (χ4n) is 2.87. The van der Waals surface area contributed by atoms with E-state index in [9.17, 15) is 4.79 Å².